The van der Waals surface area contributed by atoms with Crippen LogP contribution in [0.2, 0.25) is 0 Å². The molecule has 15 heavy (non-hydrogen) atoms. The highest BCUT2D eigenvalue weighted by Gasteiger charge is 2.22. The lowest BCUT2D eigenvalue weighted by Gasteiger charge is -2.12. The molecule has 0 amide bonds. The van der Waals surface area contributed by atoms with Crippen molar-refractivity contribution in [2.75, 3.05) is 14.2 Å². The number of hydrogen-bond acceptors (Lipinski definition) is 3. The lowest BCUT2D eigenvalue weighted by Crippen LogP contribution is -2.14. The van der Waals surface area contributed by atoms with Crippen LogP contribution in [0.3, 0.4) is 0 Å². The summed E-state index contributed by atoms with van der Waals surface area (Å²) < 4.78 is 22.9. The summed E-state index contributed by atoms with van der Waals surface area (Å²) in [5.41, 5.74) is -0.0224. The average molecular weight is 214 g/mol. The molecule has 82 valence electrons. The van der Waals surface area contributed by atoms with Crippen LogP contribution < -0.4 is 4.74 Å². The smallest absolute Gasteiger partial charge is 0.337 e. The summed E-state index contributed by atoms with van der Waals surface area (Å²) in [7, 11) is 2.61. The molecular weight excluding hydrogens is 203 g/mol. The molecule has 0 fully saturated rings. The van der Waals surface area contributed by atoms with Crippen molar-refractivity contribution in [3.63, 3.8) is 0 Å². The van der Waals surface area contributed by atoms with E-state index >= 15 is 0 Å². The van der Waals surface area contributed by atoms with Crippen molar-refractivity contribution in [3.05, 3.63) is 29.6 Å². The number of benzene rings is 1. The Morgan fingerprint density at radius 3 is 2.53 bits per heavy atom. The molecule has 1 N–H and O–H groups in total. The van der Waals surface area contributed by atoms with Gasteiger partial charge in [0.15, 0.2) is 6.10 Å². The lowest BCUT2D eigenvalue weighted by molar-refractivity contribution is -0.149. The summed E-state index contributed by atoms with van der Waals surface area (Å²) in [6.45, 7) is 0. The van der Waals surface area contributed by atoms with Gasteiger partial charge < -0.3 is 14.6 Å². The molecule has 0 aromatic heterocycles. The normalized spacial score (nSPS) is 12.2. The van der Waals surface area contributed by atoms with Crippen LogP contribution in [0.4, 0.5) is 4.39 Å². The first-order valence-corrected chi connectivity index (χ1v) is 4.19. The van der Waals surface area contributed by atoms with Gasteiger partial charge in [0.25, 0.3) is 0 Å². The van der Waals surface area contributed by atoms with Gasteiger partial charge in [-0.15, -0.1) is 0 Å². The van der Waals surface area contributed by atoms with Crippen molar-refractivity contribution in [2.24, 2.45) is 0 Å². The first-order chi connectivity index (χ1) is 7.10. The number of ether oxygens (including phenoxy) is 2. The molecule has 0 heterocycles. The molecule has 0 spiro atoms. The summed E-state index contributed by atoms with van der Waals surface area (Å²) >= 11 is 0. The molecule has 0 saturated carbocycles. The van der Waals surface area contributed by atoms with E-state index in [-0.39, 0.29) is 5.56 Å². The van der Waals surface area contributed by atoms with Crippen LogP contribution >= 0.6 is 0 Å². The van der Waals surface area contributed by atoms with Gasteiger partial charge in [-0.05, 0) is 12.1 Å². The minimum Gasteiger partial charge on any atom is -0.497 e. The second kappa shape index (κ2) is 4.75. The van der Waals surface area contributed by atoms with Gasteiger partial charge in [-0.1, -0.05) is 0 Å². The van der Waals surface area contributed by atoms with E-state index in [4.69, 9.17) is 9.84 Å². The van der Waals surface area contributed by atoms with Crippen molar-refractivity contribution < 1.29 is 23.8 Å². The fraction of sp³-hybridized carbons (Fsp3) is 0.300. The quantitative estimate of drug-likeness (QED) is 0.827. The minimum absolute atomic E-state index is 0.0224. The second-order valence-corrected chi connectivity index (χ2v) is 2.84. The SMILES string of the molecule is COc1ccc([C@@H](OC)C(=O)O)c(F)c1. The number of carbonyl (C=O) groups is 1. The molecule has 1 aromatic rings. The maximum Gasteiger partial charge on any atom is 0.337 e. The molecule has 1 aromatic carbocycles. The zero-order chi connectivity index (χ0) is 11.4. The highest BCUT2D eigenvalue weighted by Crippen LogP contribution is 2.24. The fourth-order valence-electron chi connectivity index (χ4n) is 1.21. The van der Waals surface area contributed by atoms with E-state index in [2.05, 4.69) is 4.74 Å². The molecule has 0 aliphatic rings. The highest BCUT2D eigenvalue weighted by molar-refractivity contribution is 5.74. The van der Waals surface area contributed by atoms with Gasteiger partial charge in [0, 0.05) is 18.7 Å². The van der Waals surface area contributed by atoms with E-state index in [1.54, 1.807) is 0 Å². The van der Waals surface area contributed by atoms with Gasteiger partial charge in [0.1, 0.15) is 11.6 Å². The molecular formula is C10H11FO4. The third-order valence-corrected chi connectivity index (χ3v) is 1.95. The topological polar surface area (TPSA) is 55.8 Å². The van der Waals surface area contributed by atoms with Crippen LogP contribution in [0, 0.1) is 5.82 Å². The Bertz CT molecular complexity index is 364. The Morgan fingerprint density at radius 2 is 2.13 bits per heavy atom. The Labute approximate surface area is 86.2 Å². The Balaban J connectivity index is 3.08. The fourth-order valence-corrected chi connectivity index (χ4v) is 1.21. The van der Waals surface area contributed by atoms with E-state index in [1.165, 1.54) is 26.4 Å². The molecule has 0 bridgehead atoms. The van der Waals surface area contributed by atoms with E-state index in [0.29, 0.717) is 5.75 Å². The predicted octanol–water partition coefficient (Wildman–Crippen LogP) is 1.61. The molecule has 1 atom stereocenters. The largest absolute Gasteiger partial charge is 0.497 e. The van der Waals surface area contributed by atoms with Crippen LogP contribution in [-0.2, 0) is 9.53 Å². The molecule has 0 unspecified atom stereocenters. The summed E-state index contributed by atoms with van der Waals surface area (Å²) in [6, 6.07) is 3.92. The van der Waals surface area contributed by atoms with E-state index < -0.39 is 17.9 Å². The first kappa shape index (κ1) is 11.5. The van der Waals surface area contributed by atoms with Crippen LogP contribution in [0.1, 0.15) is 11.7 Å². The maximum absolute atomic E-state index is 13.4. The first-order valence-electron chi connectivity index (χ1n) is 4.19. The molecule has 5 heteroatoms. The molecule has 0 saturated heterocycles. The number of halogens is 1. The van der Waals surface area contributed by atoms with Crippen LogP contribution in [-0.4, -0.2) is 25.3 Å². The predicted molar refractivity (Wildman–Crippen MR) is 50.3 cm³/mol. The molecule has 0 aliphatic heterocycles. The van der Waals surface area contributed by atoms with Crippen molar-refractivity contribution in [3.8, 4) is 5.75 Å². The number of rotatable bonds is 4. The molecule has 4 nitrogen and oxygen atoms in total. The zero-order valence-electron chi connectivity index (χ0n) is 8.36. The van der Waals surface area contributed by atoms with Crippen molar-refractivity contribution in [1.82, 2.24) is 0 Å². The third kappa shape index (κ3) is 2.44. The Hall–Kier alpha value is -1.62. The van der Waals surface area contributed by atoms with Gasteiger partial charge in [0.05, 0.1) is 7.11 Å². The minimum atomic E-state index is -1.30. The van der Waals surface area contributed by atoms with Gasteiger partial charge in [-0.2, -0.15) is 0 Å². The van der Waals surface area contributed by atoms with E-state index in [9.17, 15) is 9.18 Å². The van der Waals surface area contributed by atoms with E-state index in [0.717, 1.165) is 6.07 Å². The number of carboxylic acids is 1. The summed E-state index contributed by atoms with van der Waals surface area (Å²) in [5.74, 6) is -1.57. The maximum atomic E-state index is 13.4. The number of hydrogen-bond donors (Lipinski definition) is 1. The Morgan fingerprint density at radius 1 is 1.47 bits per heavy atom. The number of carboxylic acid groups (broad SMARTS) is 1. The average Bonchev–Trinajstić information content (AvgIpc) is 2.20. The molecule has 1 rings (SSSR count). The van der Waals surface area contributed by atoms with Crippen molar-refractivity contribution >= 4 is 5.97 Å². The molecule has 0 aliphatic carbocycles. The standard InChI is InChI=1S/C10H11FO4/c1-14-6-3-4-7(8(11)5-6)9(15-2)10(12)13/h3-5,9H,1-2H3,(H,12,13)/t9-/m1/s1. The zero-order valence-corrected chi connectivity index (χ0v) is 8.36. The van der Waals surface area contributed by atoms with Crippen LogP contribution in [0.25, 0.3) is 0 Å². The summed E-state index contributed by atoms with van der Waals surface area (Å²) in [6.07, 6.45) is -1.30. The summed E-state index contributed by atoms with van der Waals surface area (Å²) in [4.78, 5) is 10.7. The van der Waals surface area contributed by atoms with Gasteiger partial charge in [0.2, 0.25) is 0 Å². The van der Waals surface area contributed by atoms with Crippen molar-refractivity contribution in [2.45, 2.75) is 6.10 Å². The van der Waals surface area contributed by atoms with Gasteiger partial charge in [-0.3, -0.25) is 0 Å². The number of aliphatic carboxylic acids is 1. The van der Waals surface area contributed by atoms with Gasteiger partial charge in [-0.25, -0.2) is 9.18 Å². The summed E-state index contributed by atoms with van der Waals surface area (Å²) in [5, 5.41) is 8.75. The highest BCUT2D eigenvalue weighted by atomic mass is 19.1. The van der Waals surface area contributed by atoms with Gasteiger partial charge >= 0.3 is 5.97 Å². The van der Waals surface area contributed by atoms with Crippen LogP contribution in [0.5, 0.6) is 5.75 Å². The van der Waals surface area contributed by atoms with Crippen LogP contribution in [0.15, 0.2) is 18.2 Å². The Kier molecular flexibility index (Phi) is 3.62. The third-order valence-electron chi connectivity index (χ3n) is 1.95. The van der Waals surface area contributed by atoms with Crippen molar-refractivity contribution in [1.29, 1.82) is 0 Å². The lowest BCUT2D eigenvalue weighted by atomic mass is 10.1. The second-order valence-electron chi connectivity index (χ2n) is 2.84. The molecule has 0 radical (unpaired) electrons. The monoisotopic (exact) mass is 214 g/mol. The van der Waals surface area contributed by atoms with E-state index in [1.807, 2.05) is 0 Å². The number of methoxy groups -OCH3 is 2.